The van der Waals surface area contributed by atoms with E-state index in [1.807, 2.05) is 0 Å². The number of nitrogens with two attached hydrogens (primary N) is 1. The molecule has 0 saturated carbocycles. The minimum absolute atomic E-state index is 0.578. The first kappa shape index (κ1) is 12.6. The van der Waals surface area contributed by atoms with Crippen molar-refractivity contribution in [3.05, 3.63) is 17.0 Å². The summed E-state index contributed by atoms with van der Waals surface area (Å²) in [6.07, 6.45) is 7.12. The molecule has 1 fully saturated rings. The lowest BCUT2D eigenvalue weighted by Crippen LogP contribution is -2.31. The van der Waals surface area contributed by atoms with Crippen molar-refractivity contribution in [3.8, 4) is 0 Å². The predicted octanol–water partition coefficient (Wildman–Crippen LogP) is 2.01. The molecule has 0 amide bonds. The van der Waals surface area contributed by atoms with Crippen LogP contribution < -0.4 is 10.6 Å². The first-order chi connectivity index (χ1) is 8.33. The van der Waals surface area contributed by atoms with E-state index in [9.17, 15) is 0 Å². The van der Waals surface area contributed by atoms with Crippen LogP contribution in [0.1, 0.15) is 31.2 Å². The van der Waals surface area contributed by atoms with Gasteiger partial charge in [-0.15, -0.1) is 0 Å². The fraction of sp³-hybridized carbons (Fsp3) is 0.667. The van der Waals surface area contributed by atoms with Gasteiger partial charge in [-0.25, -0.2) is 9.97 Å². The molecule has 0 unspecified atom stereocenters. The molecule has 4 nitrogen and oxygen atoms in total. The van der Waals surface area contributed by atoms with Gasteiger partial charge in [-0.2, -0.15) is 0 Å². The minimum atomic E-state index is 0.578. The maximum absolute atomic E-state index is 6.17. The standard InChI is InChI=1S/C12H19ClN4/c13-11-10(5-4-6-14)12(16-9-15-11)17-7-2-1-3-8-17/h9H,1-8,14H2. The van der Waals surface area contributed by atoms with Gasteiger partial charge in [-0.05, 0) is 38.6 Å². The van der Waals surface area contributed by atoms with E-state index < -0.39 is 0 Å². The Morgan fingerprint density at radius 3 is 2.71 bits per heavy atom. The van der Waals surface area contributed by atoms with Gasteiger partial charge in [0, 0.05) is 18.7 Å². The molecule has 0 atom stereocenters. The highest BCUT2D eigenvalue weighted by Crippen LogP contribution is 2.26. The molecule has 2 heterocycles. The zero-order valence-electron chi connectivity index (χ0n) is 10.0. The first-order valence-corrected chi connectivity index (χ1v) is 6.65. The van der Waals surface area contributed by atoms with Gasteiger partial charge in [0.25, 0.3) is 0 Å². The number of hydrogen-bond donors (Lipinski definition) is 1. The molecule has 1 aromatic heterocycles. The predicted molar refractivity (Wildman–Crippen MR) is 70.5 cm³/mol. The molecule has 94 valence electrons. The molecule has 1 saturated heterocycles. The lowest BCUT2D eigenvalue weighted by atomic mass is 10.1. The molecule has 2 N–H and O–H groups in total. The van der Waals surface area contributed by atoms with Gasteiger partial charge in [0.2, 0.25) is 0 Å². The summed E-state index contributed by atoms with van der Waals surface area (Å²) >= 11 is 6.17. The van der Waals surface area contributed by atoms with Gasteiger partial charge in [-0.3, -0.25) is 0 Å². The average molecular weight is 255 g/mol. The molecule has 0 spiro atoms. The number of nitrogens with zero attached hydrogens (tertiary/aromatic N) is 3. The highest BCUT2D eigenvalue weighted by molar-refractivity contribution is 6.30. The van der Waals surface area contributed by atoms with Gasteiger partial charge in [0.1, 0.15) is 17.3 Å². The largest absolute Gasteiger partial charge is 0.356 e. The van der Waals surface area contributed by atoms with Crippen LogP contribution in [0.5, 0.6) is 0 Å². The van der Waals surface area contributed by atoms with Crippen LogP contribution in [0.25, 0.3) is 0 Å². The van der Waals surface area contributed by atoms with Gasteiger partial charge >= 0.3 is 0 Å². The molecule has 5 heteroatoms. The third-order valence-electron chi connectivity index (χ3n) is 3.16. The van der Waals surface area contributed by atoms with Crippen LogP contribution in [0.3, 0.4) is 0 Å². The molecule has 17 heavy (non-hydrogen) atoms. The summed E-state index contributed by atoms with van der Waals surface area (Å²) in [6, 6.07) is 0. The Labute approximate surface area is 107 Å². The summed E-state index contributed by atoms with van der Waals surface area (Å²) in [5.41, 5.74) is 6.61. The number of hydrogen-bond acceptors (Lipinski definition) is 4. The second-order valence-electron chi connectivity index (χ2n) is 4.41. The zero-order valence-corrected chi connectivity index (χ0v) is 10.8. The van der Waals surface area contributed by atoms with Crippen LogP contribution in [0.2, 0.25) is 5.15 Å². The van der Waals surface area contributed by atoms with Crippen LogP contribution in [0.15, 0.2) is 6.33 Å². The van der Waals surface area contributed by atoms with Crippen LogP contribution in [-0.2, 0) is 6.42 Å². The number of piperidine rings is 1. The Balaban J connectivity index is 2.21. The monoisotopic (exact) mass is 254 g/mol. The summed E-state index contributed by atoms with van der Waals surface area (Å²) in [5, 5.41) is 0.578. The fourth-order valence-electron chi connectivity index (χ4n) is 2.25. The van der Waals surface area contributed by atoms with E-state index in [4.69, 9.17) is 17.3 Å². The normalized spacial score (nSPS) is 16.2. The molecular formula is C12H19ClN4. The lowest BCUT2D eigenvalue weighted by molar-refractivity contribution is 0.570. The number of halogens is 1. The van der Waals surface area contributed by atoms with Gasteiger partial charge in [0.05, 0.1) is 0 Å². The first-order valence-electron chi connectivity index (χ1n) is 6.27. The van der Waals surface area contributed by atoms with Crippen LogP contribution in [-0.4, -0.2) is 29.6 Å². The van der Waals surface area contributed by atoms with Crippen molar-refractivity contribution in [2.75, 3.05) is 24.5 Å². The van der Waals surface area contributed by atoms with Crippen molar-refractivity contribution in [2.24, 2.45) is 5.73 Å². The van der Waals surface area contributed by atoms with Crippen LogP contribution >= 0.6 is 11.6 Å². The van der Waals surface area contributed by atoms with Crippen LogP contribution in [0, 0.1) is 0 Å². The summed E-state index contributed by atoms with van der Waals surface area (Å²) in [5.74, 6) is 1.01. The summed E-state index contributed by atoms with van der Waals surface area (Å²) in [7, 11) is 0. The molecule has 1 aliphatic rings. The quantitative estimate of drug-likeness (QED) is 0.836. The van der Waals surface area contributed by atoms with E-state index in [-0.39, 0.29) is 0 Å². The highest BCUT2D eigenvalue weighted by atomic mass is 35.5. The Morgan fingerprint density at radius 2 is 2.00 bits per heavy atom. The number of aromatic nitrogens is 2. The van der Waals surface area contributed by atoms with E-state index in [0.29, 0.717) is 11.7 Å². The molecule has 0 bridgehead atoms. The lowest BCUT2D eigenvalue weighted by Gasteiger charge is -2.29. The summed E-state index contributed by atoms with van der Waals surface area (Å²) in [6.45, 7) is 2.82. The van der Waals surface area contributed by atoms with Crippen molar-refractivity contribution in [2.45, 2.75) is 32.1 Å². The third kappa shape index (κ3) is 3.07. The Hall–Kier alpha value is -0.870. The molecule has 2 rings (SSSR count). The van der Waals surface area contributed by atoms with Crippen molar-refractivity contribution >= 4 is 17.4 Å². The van der Waals surface area contributed by atoms with Crippen molar-refractivity contribution in [3.63, 3.8) is 0 Å². The van der Waals surface area contributed by atoms with Gasteiger partial charge in [0.15, 0.2) is 0 Å². The Kier molecular flexibility index (Phi) is 4.57. The van der Waals surface area contributed by atoms with Gasteiger partial charge in [-0.1, -0.05) is 11.6 Å². The third-order valence-corrected chi connectivity index (χ3v) is 3.48. The van der Waals surface area contributed by atoms with Crippen LogP contribution in [0.4, 0.5) is 5.82 Å². The van der Waals surface area contributed by atoms with E-state index in [1.165, 1.54) is 19.3 Å². The number of anilines is 1. The minimum Gasteiger partial charge on any atom is -0.356 e. The molecule has 0 aliphatic carbocycles. The van der Waals surface area contributed by atoms with E-state index in [0.717, 1.165) is 37.3 Å². The zero-order chi connectivity index (χ0) is 12.1. The number of rotatable bonds is 4. The van der Waals surface area contributed by atoms with Crippen molar-refractivity contribution in [1.82, 2.24) is 9.97 Å². The van der Waals surface area contributed by atoms with Crippen molar-refractivity contribution in [1.29, 1.82) is 0 Å². The van der Waals surface area contributed by atoms with Crippen molar-refractivity contribution < 1.29 is 0 Å². The maximum Gasteiger partial charge on any atom is 0.137 e. The highest BCUT2D eigenvalue weighted by Gasteiger charge is 2.17. The second kappa shape index (κ2) is 6.17. The summed E-state index contributed by atoms with van der Waals surface area (Å²) < 4.78 is 0. The fourth-order valence-corrected chi connectivity index (χ4v) is 2.48. The molecular weight excluding hydrogens is 236 g/mol. The molecule has 0 aromatic carbocycles. The summed E-state index contributed by atoms with van der Waals surface area (Å²) in [4.78, 5) is 10.8. The molecule has 1 aliphatic heterocycles. The maximum atomic E-state index is 6.17. The second-order valence-corrected chi connectivity index (χ2v) is 4.76. The average Bonchev–Trinajstić information content (AvgIpc) is 2.38. The van der Waals surface area contributed by atoms with E-state index >= 15 is 0 Å². The topological polar surface area (TPSA) is 55.0 Å². The Bertz CT molecular complexity index is 364. The van der Waals surface area contributed by atoms with E-state index in [2.05, 4.69) is 14.9 Å². The molecule has 1 aromatic rings. The Morgan fingerprint density at radius 1 is 1.24 bits per heavy atom. The van der Waals surface area contributed by atoms with Gasteiger partial charge < -0.3 is 10.6 Å². The van der Waals surface area contributed by atoms with E-state index in [1.54, 1.807) is 6.33 Å². The smallest absolute Gasteiger partial charge is 0.137 e. The SMILES string of the molecule is NCCCc1c(Cl)ncnc1N1CCCCC1. The molecule has 0 radical (unpaired) electrons.